The highest BCUT2D eigenvalue weighted by Crippen LogP contribution is 2.36. The number of carbonyl (C=O) groups excluding carboxylic acids is 1. The van der Waals surface area contributed by atoms with E-state index in [1.54, 1.807) is 18.5 Å². The van der Waals surface area contributed by atoms with Crippen LogP contribution < -0.4 is 4.74 Å². The molecule has 0 N–H and O–H groups in total. The molecule has 0 aromatic carbocycles. The standard InChI is InChI=1S/C14H19NO3/c1-3-17-12-7-11(8-15-9-12)13(16)14(18-4-2)10-5-6-10/h7-10,14H,3-6H2,1-2H3. The fourth-order valence-electron chi connectivity index (χ4n) is 1.97. The van der Waals surface area contributed by atoms with Gasteiger partial charge in [0.2, 0.25) is 0 Å². The first-order valence-electron chi connectivity index (χ1n) is 6.50. The lowest BCUT2D eigenvalue weighted by molar-refractivity contribution is 0.0374. The van der Waals surface area contributed by atoms with Gasteiger partial charge >= 0.3 is 0 Å². The van der Waals surface area contributed by atoms with E-state index >= 15 is 0 Å². The average molecular weight is 249 g/mol. The number of nitrogens with zero attached hydrogens (tertiary/aromatic N) is 1. The highest BCUT2D eigenvalue weighted by atomic mass is 16.5. The predicted molar refractivity (Wildman–Crippen MR) is 67.9 cm³/mol. The minimum Gasteiger partial charge on any atom is -0.492 e. The maximum Gasteiger partial charge on any atom is 0.193 e. The van der Waals surface area contributed by atoms with Gasteiger partial charge in [0.05, 0.1) is 12.8 Å². The van der Waals surface area contributed by atoms with E-state index in [4.69, 9.17) is 9.47 Å². The maximum atomic E-state index is 12.4. The normalized spacial score (nSPS) is 16.3. The number of Topliss-reactive ketones (excluding diaryl/α,β-unsaturated/α-hetero) is 1. The highest BCUT2D eigenvalue weighted by molar-refractivity contribution is 5.99. The Kier molecular flexibility index (Phi) is 4.31. The van der Waals surface area contributed by atoms with Crippen molar-refractivity contribution in [2.24, 2.45) is 5.92 Å². The molecule has 1 atom stereocenters. The number of ketones is 1. The van der Waals surface area contributed by atoms with Crippen molar-refractivity contribution in [1.82, 2.24) is 4.98 Å². The van der Waals surface area contributed by atoms with Gasteiger partial charge in [0.1, 0.15) is 11.9 Å². The molecule has 1 aromatic heterocycles. The molecule has 98 valence electrons. The van der Waals surface area contributed by atoms with Gasteiger partial charge < -0.3 is 9.47 Å². The Morgan fingerprint density at radius 3 is 2.78 bits per heavy atom. The molecule has 0 amide bonds. The Hall–Kier alpha value is -1.42. The number of rotatable bonds is 7. The molecule has 1 saturated carbocycles. The number of aromatic nitrogens is 1. The van der Waals surface area contributed by atoms with Gasteiger partial charge in [0.25, 0.3) is 0 Å². The number of hydrogen-bond donors (Lipinski definition) is 0. The van der Waals surface area contributed by atoms with E-state index in [0.29, 0.717) is 30.4 Å². The second-order valence-electron chi connectivity index (χ2n) is 4.42. The lowest BCUT2D eigenvalue weighted by Crippen LogP contribution is -2.26. The average Bonchev–Trinajstić information content (AvgIpc) is 3.20. The van der Waals surface area contributed by atoms with Crippen LogP contribution in [0.5, 0.6) is 5.75 Å². The zero-order valence-corrected chi connectivity index (χ0v) is 10.9. The van der Waals surface area contributed by atoms with Gasteiger partial charge in [-0.1, -0.05) is 0 Å². The summed E-state index contributed by atoms with van der Waals surface area (Å²) in [6.07, 6.45) is 5.05. The maximum absolute atomic E-state index is 12.4. The minimum atomic E-state index is -0.311. The van der Waals surface area contributed by atoms with Crippen molar-refractivity contribution in [2.45, 2.75) is 32.8 Å². The summed E-state index contributed by atoms with van der Waals surface area (Å²) in [7, 11) is 0. The van der Waals surface area contributed by atoms with Gasteiger partial charge in [-0.05, 0) is 38.7 Å². The number of carbonyl (C=O) groups is 1. The van der Waals surface area contributed by atoms with Crippen LogP contribution in [-0.2, 0) is 4.74 Å². The van der Waals surface area contributed by atoms with Gasteiger partial charge in [-0.2, -0.15) is 0 Å². The third kappa shape index (κ3) is 3.07. The topological polar surface area (TPSA) is 48.4 Å². The van der Waals surface area contributed by atoms with Crippen molar-refractivity contribution < 1.29 is 14.3 Å². The second kappa shape index (κ2) is 5.96. The first-order valence-corrected chi connectivity index (χ1v) is 6.50. The van der Waals surface area contributed by atoms with Crippen molar-refractivity contribution in [3.05, 3.63) is 24.0 Å². The summed E-state index contributed by atoms with van der Waals surface area (Å²) in [4.78, 5) is 16.4. The zero-order valence-electron chi connectivity index (χ0n) is 10.9. The van der Waals surface area contributed by atoms with Crippen LogP contribution in [-0.4, -0.2) is 30.1 Å². The number of pyridine rings is 1. The number of ether oxygens (including phenoxy) is 2. The van der Waals surface area contributed by atoms with E-state index in [2.05, 4.69) is 4.98 Å². The van der Waals surface area contributed by atoms with Crippen LogP contribution >= 0.6 is 0 Å². The molecule has 0 saturated heterocycles. The monoisotopic (exact) mass is 249 g/mol. The van der Waals surface area contributed by atoms with Gasteiger partial charge in [-0.25, -0.2) is 0 Å². The quantitative estimate of drug-likeness (QED) is 0.696. The van der Waals surface area contributed by atoms with Gasteiger partial charge in [-0.15, -0.1) is 0 Å². The third-order valence-corrected chi connectivity index (χ3v) is 2.96. The van der Waals surface area contributed by atoms with Crippen LogP contribution in [0.4, 0.5) is 0 Å². The number of hydrogen-bond acceptors (Lipinski definition) is 4. The summed E-state index contributed by atoms with van der Waals surface area (Å²) in [6.45, 7) is 4.95. The van der Waals surface area contributed by atoms with Crippen molar-refractivity contribution in [3.63, 3.8) is 0 Å². The van der Waals surface area contributed by atoms with E-state index < -0.39 is 0 Å². The van der Waals surface area contributed by atoms with E-state index in [-0.39, 0.29) is 11.9 Å². The smallest absolute Gasteiger partial charge is 0.193 e. The van der Waals surface area contributed by atoms with Crippen molar-refractivity contribution in [3.8, 4) is 5.75 Å². The molecule has 4 nitrogen and oxygen atoms in total. The van der Waals surface area contributed by atoms with E-state index in [1.807, 2.05) is 13.8 Å². The fourth-order valence-corrected chi connectivity index (χ4v) is 1.97. The molecular formula is C14H19NO3. The second-order valence-corrected chi connectivity index (χ2v) is 4.42. The van der Waals surface area contributed by atoms with E-state index in [1.165, 1.54) is 0 Å². The lowest BCUT2D eigenvalue weighted by atomic mass is 10.0. The molecule has 1 aromatic rings. The Labute approximate surface area is 107 Å². The molecule has 2 rings (SSSR count). The predicted octanol–water partition coefficient (Wildman–Crippen LogP) is 2.48. The van der Waals surface area contributed by atoms with E-state index in [0.717, 1.165) is 12.8 Å². The van der Waals surface area contributed by atoms with Gasteiger partial charge in [0.15, 0.2) is 5.78 Å². The van der Waals surface area contributed by atoms with Crippen LogP contribution in [0, 0.1) is 5.92 Å². The highest BCUT2D eigenvalue weighted by Gasteiger charge is 2.37. The SMILES string of the molecule is CCOc1cncc(C(=O)C(OCC)C2CC2)c1. The summed E-state index contributed by atoms with van der Waals surface area (Å²) in [5, 5.41) is 0. The molecule has 0 bridgehead atoms. The lowest BCUT2D eigenvalue weighted by Gasteiger charge is -2.15. The zero-order chi connectivity index (χ0) is 13.0. The van der Waals surface area contributed by atoms with Crippen molar-refractivity contribution in [1.29, 1.82) is 0 Å². The van der Waals surface area contributed by atoms with Crippen LogP contribution in [0.1, 0.15) is 37.0 Å². The van der Waals surface area contributed by atoms with Crippen molar-refractivity contribution >= 4 is 5.78 Å². The molecule has 18 heavy (non-hydrogen) atoms. The van der Waals surface area contributed by atoms with Gasteiger partial charge in [-0.3, -0.25) is 9.78 Å². The van der Waals surface area contributed by atoms with Crippen LogP contribution in [0.3, 0.4) is 0 Å². The fraction of sp³-hybridized carbons (Fsp3) is 0.571. The molecule has 1 heterocycles. The Balaban J connectivity index is 2.13. The largest absolute Gasteiger partial charge is 0.492 e. The molecule has 0 spiro atoms. The molecule has 0 aliphatic heterocycles. The summed E-state index contributed by atoms with van der Waals surface area (Å²) in [5.41, 5.74) is 0.575. The Morgan fingerprint density at radius 2 is 2.17 bits per heavy atom. The van der Waals surface area contributed by atoms with Crippen molar-refractivity contribution in [2.75, 3.05) is 13.2 Å². The minimum absolute atomic E-state index is 0.0217. The molecule has 0 radical (unpaired) electrons. The molecule has 1 aliphatic rings. The van der Waals surface area contributed by atoms with Crippen LogP contribution in [0.2, 0.25) is 0 Å². The summed E-state index contributed by atoms with van der Waals surface area (Å²) in [6, 6.07) is 1.74. The van der Waals surface area contributed by atoms with Crippen LogP contribution in [0.15, 0.2) is 18.5 Å². The van der Waals surface area contributed by atoms with Crippen LogP contribution in [0.25, 0.3) is 0 Å². The first kappa shape index (κ1) is 13.0. The first-order chi connectivity index (χ1) is 8.76. The Bertz CT molecular complexity index is 415. The Morgan fingerprint density at radius 1 is 1.39 bits per heavy atom. The third-order valence-electron chi connectivity index (χ3n) is 2.96. The molecular weight excluding hydrogens is 230 g/mol. The molecule has 4 heteroatoms. The molecule has 1 fully saturated rings. The summed E-state index contributed by atoms with van der Waals surface area (Å²) < 4.78 is 10.9. The molecule has 1 unspecified atom stereocenters. The molecule has 1 aliphatic carbocycles. The van der Waals surface area contributed by atoms with Gasteiger partial charge in [0, 0.05) is 18.4 Å². The van der Waals surface area contributed by atoms with E-state index in [9.17, 15) is 4.79 Å². The summed E-state index contributed by atoms with van der Waals surface area (Å²) in [5.74, 6) is 1.04. The summed E-state index contributed by atoms with van der Waals surface area (Å²) >= 11 is 0.